The molecule has 7 nitrogen and oxygen atoms in total. The highest BCUT2D eigenvalue weighted by Crippen LogP contribution is 2.39. The van der Waals surface area contributed by atoms with Crippen LogP contribution in [0.1, 0.15) is 49.5 Å². The molecule has 36 heavy (non-hydrogen) atoms. The fraction of sp³-hybridized carbons (Fsp3) is 0.440. The van der Waals surface area contributed by atoms with Gasteiger partial charge in [0.2, 0.25) is 5.75 Å². The van der Waals surface area contributed by atoms with Crippen molar-refractivity contribution in [2.45, 2.75) is 39.8 Å². The number of hydrogen-bond acceptors (Lipinski definition) is 6. The number of amides is 1. The summed E-state index contributed by atoms with van der Waals surface area (Å²) in [5, 5.41) is 5.19. The molecule has 11 heteroatoms. The SMILES string of the molecule is CCOc1cc(C(=O)NC(=S)Nc2cc(C(F)(F)F)ccc2N2CCCC2)cc(OCC)c1OCC. The van der Waals surface area contributed by atoms with E-state index < -0.39 is 17.6 Å². The third-order valence-corrected chi connectivity index (χ3v) is 5.62. The van der Waals surface area contributed by atoms with E-state index in [-0.39, 0.29) is 16.4 Å². The molecule has 2 aromatic rings. The molecule has 1 aliphatic heterocycles. The van der Waals surface area contributed by atoms with Gasteiger partial charge < -0.3 is 24.4 Å². The van der Waals surface area contributed by atoms with E-state index in [0.29, 0.717) is 42.8 Å². The van der Waals surface area contributed by atoms with Crippen molar-refractivity contribution in [1.29, 1.82) is 0 Å². The van der Waals surface area contributed by atoms with E-state index in [2.05, 4.69) is 10.6 Å². The molecule has 2 N–H and O–H groups in total. The minimum absolute atomic E-state index is 0.135. The van der Waals surface area contributed by atoms with Crippen LogP contribution in [0, 0.1) is 0 Å². The lowest BCUT2D eigenvalue weighted by atomic mass is 10.1. The van der Waals surface area contributed by atoms with E-state index in [1.165, 1.54) is 18.2 Å². The van der Waals surface area contributed by atoms with Gasteiger partial charge in [-0.1, -0.05) is 0 Å². The summed E-state index contributed by atoms with van der Waals surface area (Å²) in [7, 11) is 0. The summed E-state index contributed by atoms with van der Waals surface area (Å²) in [5.41, 5.74) is 0.152. The first-order valence-corrected chi connectivity index (χ1v) is 12.2. The quantitative estimate of drug-likeness (QED) is 0.411. The lowest BCUT2D eigenvalue weighted by Crippen LogP contribution is -2.35. The van der Waals surface area contributed by atoms with Gasteiger partial charge in [0.15, 0.2) is 16.6 Å². The fourth-order valence-electron chi connectivity index (χ4n) is 3.89. The third kappa shape index (κ3) is 6.71. The molecule has 1 amide bonds. The van der Waals surface area contributed by atoms with Crippen LogP contribution in [-0.2, 0) is 6.18 Å². The van der Waals surface area contributed by atoms with Crippen LogP contribution in [0.2, 0.25) is 0 Å². The van der Waals surface area contributed by atoms with Gasteiger partial charge in [0.1, 0.15) is 0 Å². The molecule has 0 radical (unpaired) electrons. The minimum atomic E-state index is -4.52. The molecule has 196 valence electrons. The van der Waals surface area contributed by atoms with Crippen molar-refractivity contribution in [3.05, 3.63) is 41.5 Å². The van der Waals surface area contributed by atoms with Gasteiger partial charge in [0.25, 0.3) is 5.91 Å². The second kappa shape index (κ2) is 12.2. The molecule has 0 unspecified atom stereocenters. The Morgan fingerprint density at radius 2 is 1.56 bits per heavy atom. The van der Waals surface area contributed by atoms with Gasteiger partial charge in [-0.15, -0.1) is 0 Å². The van der Waals surface area contributed by atoms with Crippen molar-refractivity contribution in [2.75, 3.05) is 43.1 Å². The Morgan fingerprint density at radius 3 is 2.08 bits per heavy atom. The van der Waals surface area contributed by atoms with Crippen LogP contribution in [-0.4, -0.2) is 43.9 Å². The molecule has 3 rings (SSSR count). The molecule has 0 saturated carbocycles. The minimum Gasteiger partial charge on any atom is -0.490 e. The lowest BCUT2D eigenvalue weighted by molar-refractivity contribution is -0.137. The number of alkyl halides is 3. The fourth-order valence-corrected chi connectivity index (χ4v) is 4.10. The van der Waals surface area contributed by atoms with Crippen molar-refractivity contribution in [3.8, 4) is 17.2 Å². The number of carbonyl (C=O) groups is 1. The summed E-state index contributed by atoms with van der Waals surface area (Å²) in [5.74, 6) is 0.483. The van der Waals surface area contributed by atoms with Gasteiger partial charge in [0, 0.05) is 18.7 Å². The summed E-state index contributed by atoms with van der Waals surface area (Å²) in [4.78, 5) is 15.0. The molecular weight excluding hydrogens is 495 g/mol. The summed E-state index contributed by atoms with van der Waals surface area (Å²) in [6.07, 6.45) is -2.62. The van der Waals surface area contributed by atoms with Crippen LogP contribution in [0.4, 0.5) is 24.5 Å². The number of nitrogens with one attached hydrogen (secondary N) is 2. The number of rotatable bonds is 9. The summed E-state index contributed by atoms with van der Waals surface area (Å²) < 4.78 is 57.0. The topological polar surface area (TPSA) is 72.1 Å². The van der Waals surface area contributed by atoms with E-state index >= 15 is 0 Å². The van der Waals surface area contributed by atoms with E-state index in [1.807, 2.05) is 11.8 Å². The molecule has 0 aliphatic carbocycles. The maximum atomic E-state index is 13.4. The van der Waals surface area contributed by atoms with E-state index in [0.717, 1.165) is 38.1 Å². The zero-order chi connectivity index (χ0) is 26.3. The van der Waals surface area contributed by atoms with Gasteiger partial charge in [-0.3, -0.25) is 10.1 Å². The number of carbonyl (C=O) groups excluding carboxylic acids is 1. The van der Waals surface area contributed by atoms with Gasteiger partial charge in [-0.2, -0.15) is 13.2 Å². The molecule has 0 aromatic heterocycles. The Balaban J connectivity index is 1.85. The average Bonchev–Trinajstić information content (AvgIpc) is 3.35. The number of thiocarbonyl (C=S) groups is 1. The van der Waals surface area contributed by atoms with E-state index in [9.17, 15) is 18.0 Å². The Kier molecular flexibility index (Phi) is 9.25. The monoisotopic (exact) mass is 525 g/mol. The molecule has 1 fully saturated rings. The largest absolute Gasteiger partial charge is 0.490 e. The van der Waals surface area contributed by atoms with Crippen LogP contribution in [0.25, 0.3) is 0 Å². The average molecular weight is 526 g/mol. The summed E-state index contributed by atoms with van der Waals surface area (Å²) >= 11 is 5.29. The smallest absolute Gasteiger partial charge is 0.416 e. The van der Waals surface area contributed by atoms with Gasteiger partial charge in [-0.25, -0.2) is 0 Å². The summed E-state index contributed by atoms with van der Waals surface area (Å²) in [6, 6.07) is 6.49. The highest BCUT2D eigenvalue weighted by atomic mass is 32.1. The predicted molar refractivity (Wildman–Crippen MR) is 137 cm³/mol. The second-order valence-corrected chi connectivity index (χ2v) is 8.34. The van der Waals surface area contributed by atoms with Crippen molar-refractivity contribution in [2.24, 2.45) is 0 Å². The first-order chi connectivity index (χ1) is 17.2. The van der Waals surface area contributed by atoms with Crippen molar-refractivity contribution >= 4 is 34.6 Å². The number of anilines is 2. The molecule has 0 spiro atoms. The normalized spacial score (nSPS) is 13.3. The molecule has 1 aliphatic rings. The number of benzene rings is 2. The number of nitrogens with zero attached hydrogens (tertiary/aromatic N) is 1. The first kappa shape index (κ1) is 27.4. The summed E-state index contributed by atoms with van der Waals surface area (Å²) in [6.45, 7) is 7.93. The molecular formula is C25H30F3N3O4S. The van der Waals surface area contributed by atoms with Crippen LogP contribution < -0.4 is 29.7 Å². The molecule has 1 heterocycles. The maximum absolute atomic E-state index is 13.4. The van der Waals surface area contributed by atoms with Crippen LogP contribution >= 0.6 is 12.2 Å². The van der Waals surface area contributed by atoms with Crippen molar-refractivity contribution in [3.63, 3.8) is 0 Å². The first-order valence-electron chi connectivity index (χ1n) is 11.8. The van der Waals surface area contributed by atoms with Crippen LogP contribution in [0.3, 0.4) is 0 Å². The van der Waals surface area contributed by atoms with Gasteiger partial charge in [-0.05, 0) is 76.2 Å². The van der Waals surface area contributed by atoms with Gasteiger partial charge in [0.05, 0.1) is 36.8 Å². The molecule has 0 atom stereocenters. The molecule has 2 aromatic carbocycles. The molecule has 0 bridgehead atoms. The van der Waals surface area contributed by atoms with Gasteiger partial charge >= 0.3 is 6.18 Å². The lowest BCUT2D eigenvalue weighted by Gasteiger charge is -2.23. The Bertz CT molecular complexity index is 1060. The Hall–Kier alpha value is -3.21. The van der Waals surface area contributed by atoms with Crippen molar-refractivity contribution in [1.82, 2.24) is 5.32 Å². The zero-order valence-corrected chi connectivity index (χ0v) is 21.3. The Morgan fingerprint density at radius 1 is 0.972 bits per heavy atom. The second-order valence-electron chi connectivity index (χ2n) is 7.93. The van der Waals surface area contributed by atoms with E-state index in [1.54, 1.807) is 13.8 Å². The molecule has 1 saturated heterocycles. The number of ether oxygens (including phenoxy) is 3. The maximum Gasteiger partial charge on any atom is 0.416 e. The van der Waals surface area contributed by atoms with Crippen LogP contribution in [0.5, 0.6) is 17.2 Å². The standard InChI is InChI=1S/C25H30F3N3O4S/c1-4-33-20-13-16(14-21(34-5-2)22(20)35-6-3)23(32)30-24(36)29-18-15-17(25(26,27)28)9-10-19(18)31-11-7-8-12-31/h9-10,13-15H,4-8,11-12H2,1-3H3,(H2,29,30,32,36). The third-order valence-electron chi connectivity index (χ3n) is 5.42. The van der Waals surface area contributed by atoms with Crippen LogP contribution in [0.15, 0.2) is 30.3 Å². The van der Waals surface area contributed by atoms with E-state index in [4.69, 9.17) is 26.4 Å². The number of halogens is 3. The number of hydrogen-bond donors (Lipinski definition) is 2. The zero-order valence-electron chi connectivity index (χ0n) is 20.5. The predicted octanol–water partition coefficient (Wildman–Crippen LogP) is 5.63. The van der Waals surface area contributed by atoms with Crippen molar-refractivity contribution < 1.29 is 32.2 Å². The highest BCUT2D eigenvalue weighted by molar-refractivity contribution is 7.80. The Labute approximate surface area is 213 Å². The highest BCUT2D eigenvalue weighted by Gasteiger charge is 2.32.